The van der Waals surface area contributed by atoms with Gasteiger partial charge in [0.25, 0.3) is 5.91 Å². The van der Waals surface area contributed by atoms with E-state index < -0.39 is 15.9 Å². The van der Waals surface area contributed by atoms with Crippen LogP contribution in [0.25, 0.3) is 0 Å². The summed E-state index contributed by atoms with van der Waals surface area (Å²) in [4.78, 5) is 12.5. The molecule has 0 aliphatic heterocycles. The van der Waals surface area contributed by atoms with Crippen molar-refractivity contribution in [2.24, 2.45) is 5.73 Å². The highest BCUT2D eigenvalue weighted by atomic mass is 32.2. The van der Waals surface area contributed by atoms with Crippen molar-refractivity contribution in [2.75, 3.05) is 18.6 Å². The van der Waals surface area contributed by atoms with Gasteiger partial charge in [-0.05, 0) is 18.4 Å². The van der Waals surface area contributed by atoms with E-state index in [0.717, 1.165) is 6.26 Å². The summed E-state index contributed by atoms with van der Waals surface area (Å²) < 4.78 is 22.3. The molecule has 0 saturated carbocycles. The van der Waals surface area contributed by atoms with E-state index in [0.29, 0.717) is 10.4 Å². The second-order valence-electron chi connectivity index (χ2n) is 4.14. The van der Waals surface area contributed by atoms with Crippen LogP contribution in [-0.2, 0) is 9.84 Å². The Morgan fingerprint density at radius 3 is 2.84 bits per heavy atom. The third-order valence-corrected chi connectivity index (χ3v) is 4.15. The minimum atomic E-state index is -3.12. The van der Waals surface area contributed by atoms with Crippen molar-refractivity contribution in [3.8, 4) is 11.8 Å². The third kappa shape index (κ3) is 5.42. The number of thiophene rings is 1. The molecule has 5 nitrogen and oxygen atoms in total. The standard InChI is InChI=1S/C12H16N2O3S2/c1-9(8-19(2,16)17)14-12(15)11-10(4-3-6-13)5-7-18-11/h5,7,9H,6,8,13H2,1-2H3,(H,14,15). The van der Waals surface area contributed by atoms with Crippen LogP contribution in [0.3, 0.4) is 0 Å². The van der Waals surface area contributed by atoms with E-state index in [9.17, 15) is 13.2 Å². The number of hydrogen-bond acceptors (Lipinski definition) is 5. The first kappa shape index (κ1) is 15.7. The fourth-order valence-electron chi connectivity index (χ4n) is 1.51. The zero-order chi connectivity index (χ0) is 14.5. The summed E-state index contributed by atoms with van der Waals surface area (Å²) in [5.41, 5.74) is 5.89. The highest BCUT2D eigenvalue weighted by Crippen LogP contribution is 2.15. The van der Waals surface area contributed by atoms with Crippen LogP contribution in [0.2, 0.25) is 0 Å². The van der Waals surface area contributed by atoms with Gasteiger partial charge < -0.3 is 11.1 Å². The molecule has 1 amide bonds. The molecular weight excluding hydrogens is 284 g/mol. The molecule has 7 heteroatoms. The molecule has 0 aliphatic carbocycles. The van der Waals surface area contributed by atoms with Gasteiger partial charge in [0.05, 0.1) is 12.3 Å². The zero-order valence-electron chi connectivity index (χ0n) is 10.8. The van der Waals surface area contributed by atoms with Crippen molar-refractivity contribution < 1.29 is 13.2 Å². The summed E-state index contributed by atoms with van der Waals surface area (Å²) in [7, 11) is -3.12. The maximum atomic E-state index is 12.0. The Morgan fingerprint density at radius 2 is 2.26 bits per heavy atom. The van der Waals surface area contributed by atoms with Gasteiger partial charge in [-0.1, -0.05) is 11.8 Å². The first-order chi connectivity index (χ1) is 8.83. The molecule has 1 aromatic heterocycles. The maximum Gasteiger partial charge on any atom is 0.262 e. The lowest BCUT2D eigenvalue weighted by molar-refractivity contribution is 0.0947. The molecule has 0 saturated heterocycles. The van der Waals surface area contributed by atoms with Gasteiger partial charge in [-0.2, -0.15) is 0 Å². The molecule has 1 heterocycles. The lowest BCUT2D eigenvalue weighted by Gasteiger charge is -2.12. The predicted octanol–water partition coefficient (Wildman–Crippen LogP) is 0.221. The quantitative estimate of drug-likeness (QED) is 0.779. The summed E-state index contributed by atoms with van der Waals surface area (Å²) in [6.07, 6.45) is 1.14. The highest BCUT2D eigenvalue weighted by Gasteiger charge is 2.17. The summed E-state index contributed by atoms with van der Waals surface area (Å²) in [5, 5.41) is 4.41. The second-order valence-corrected chi connectivity index (χ2v) is 7.24. The van der Waals surface area contributed by atoms with Crippen LogP contribution in [-0.4, -0.2) is 38.9 Å². The van der Waals surface area contributed by atoms with E-state index in [-0.39, 0.29) is 18.2 Å². The topological polar surface area (TPSA) is 89.3 Å². The molecule has 19 heavy (non-hydrogen) atoms. The molecule has 1 atom stereocenters. The van der Waals surface area contributed by atoms with Crippen LogP contribution in [0, 0.1) is 11.8 Å². The summed E-state index contributed by atoms with van der Waals surface area (Å²) >= 11 is 1.26. The van der Waals surface area contributed by atoms with Crippen LogP contribution < -0.4 is 11.1 Å². The van der Waals surface area contributed by atoms with E-state index in [2.05, 4.69) is 17.2 Å². The van der Waals surface area contributed by atoms with Crippen LogP contribution in [0.5, 0.6) is 0 Å². The Balaban J connectivity index is 2.76. The molecule has 0 bridgehead atoms. The highest BCUT2D eigenvalue weighted by molar-refractivity contribution is 7.90. The summed E-state index contributed by atoms with van der Waals surface area (Å²) in [6, 6.07) is 1.30. The number of sulfone groups is 1. The minimum Gasteiger partial charge on any atom is -0.348 e. The Bertz CT molecular complexity index is 608. The number of nitrogens with two attached hydrogens (primary N) is 1. The number of rotatable bonds is 4. The third-order valence-electron chi connectivity index (χ3n) is 2.13. The smallest absolute Gasteiger partial charge is 0.262 e. The Labute approximate surface area is 117 Å². The number of nitrogens with one attached hydrogen (secondary N) is 1. The average Bonchev–Trinajstić information content (AvgIpc) is 2.71. The molecule has 0 fully saturated rings. The number of amides is 1. The SMILES string of the molecule is CC(CS(C)(=O)=O)NC(=O)c1sccc1C#CCN. The van der Waals surface area contributed by atoms with Gasteiger partial charge in [-0.25, -0.2) is 8.42 Å². The lowest BCUT2D eigenvalue weighted by Crippen LogP contribution is -2.37. The van der Waals surface area contributed by atoms with E-state index in [1.165, 1.54) is 11.3 Å². The molecule has 1 rings (SSSR count). The molecule has 1 aromatic rings. The molecule has 0 radical (unpaired) electrons. The Hall–Kier alpha value is -1.36. The van der Waals surface area contributed by atoms with E-state index >= 15 is 0 Å². The van der Waals surface area contributed by atoms with Crippen molar-refractivity contribution in [2.45, 2.75) is 13.0 Å². The molecular formula is C12H16N2O3S2. The van der Waals surface area contributed by atoms with Gasteiger partial charge in [0.1, 0.15) is 14.7 Å². The fourth-order valence-corrected chi connectivity index (χ4v) is 3.26. The Morgan fingerprint density at radius 1 is 1.58 bits per heavy atom. The van der Waals surface area contributed by atoms with Gasteiger partial charge in [0, 0.05) is 17.9 Å². The van der Waals surface area contributed by atoms with Gasteiger partial charge >= 0.3 is 0 Å². The van der Waals surface area contributed by atoms with Crippen molar-refractivity contribution in [1.82, 2.24) is 5.32 Å². The second kappa shape index (κ2) is 6.70. The normalized spacial score (nSPS) is 12.4. The first-order valence-corrected chi connectivity index (χ1v) is 8.52. The van der Waals surface area contributed by atoms with Crippen LogP contribution >= 0.6 is 11.3 Å². The number of hydrogen-bond donors (Lipinski definition) is 2. The van der Waals surface area contributed by atoms with E-state index in [4.69, 9.17) is 5.73 Å². The van der Waals surface area contributed by atoms with Crippen molar-refractivity contribution in [1.29, 1.82) is 0 Å². The van der Waals surface area contributed by atoms with Crippen LogP contribution in [0.15, 0.2) is 11.4 Å². The first-order valence-electron chi connectivity index (χ1n) is 5.58. The molecule has 104 valence electrons. The van der Waals surface area contributed by atoms with Crippen LogP contribution in [0.4, 0.5) is 0 Å². The number of carbonyl (C=O) groups excluding carboxylic acids is 1. The van der Waals surface area contributed by atoms with Gasteiger partial charge in [0.15, 0.2) is 0 Å². The lowest BCUT2D eigenvalue weighted by atomic mass is 10.2. The van der Waals surface area contributed by atoms with Gasteiger partial charge in [-0.3, -0.25) is 4.79 Å². The average molecular weight is 300 g/mol. The summed E-state index contributed by atoms with van der Waals surface area (Å²) in [6.45, 7) is 1.87. The molecule has 0 aliphatic rings. The summed E-state index contributed by atoms with van der Waals surface area (Å²) in [5.74, 6) is 5.10. The molecule has 1 unspecified atom stereocenters. The predicted molar refractivity (Wildman–Crippen MR) is 76.9 cm³/mol. The van der Waals surface area contributed by atoms with Crippen molar-refractivity contribution in [3.63, 3.8) is 0 Å². The zero-order valence-corrected chi connectivity index (χ0v) is 12.4. The molecule has 3 N–H and O–H groups in total. The van der Waals surface area contributed by atoms with Crippen molar-refractivity contribution in [3.05, 3.63) is 21.9 Å². The monoisotopic (exact) mass is 300 g/mol. The van der Waals surface area contributed by atoms with Crippen molar-refractivity contribution >= 4 is 27.1 Å². The number of carbonyl (C=O) groups is 1. The van der Waals surface area contributed by atoms with Crippen LogP contribution in [0.1, 0.15) is 22.2 Å². The van der Waals surface area contributed by atoms with E-state index in [1.54, 1.807) is 18.4 Å². The van der Waals surface area contributed by atoms with E-state index in [1.807, 2.05) is 0 Å². The largest absolute Gasteiger partial charge is 0.348 e. The fraction of sp³-hybridized carbons (Fsp3) is 0.417. The maximum absolute atomic E-state index is 12.0. The van der Waals surface area contributed by atoms with Gasteiger partial charge in [0.2, 0.25) is 0 Å². The minimum absolute atomic E-state index is 0.0894. The Kier molecular flexibility index (Phi) is 5.54. The van der Waals surface area contributed by atoms with Gasteiger partial charge in [-0.15, -0.1) is 11.3 Å². The molecule has 0 spiro atoms. The molecule has 0 aromatic carbocycles.